The van der Waals surface area contributed by atoms with Crippen LogP contribution in [0.1, 0.15) is 15.9 Å². The summed E-state index contributed by atoms with van der Waals surface area (Å²) in [5.74, 6) is -2.96. The largest absolute Gasteiger partial charge is 0.478 e. The summed E-state index contributed by atoms with van der Waals surface area (Å²) < 4.78 is 0. The maximum Gasteiger partial charge on any atom is 0.339 e. The lowest BCUT2D eigenvalue weighted by Crippen LogP contribution is -2.15. The highest BCUT2D eigenvalue weighted by Crippen LogP contribution is 2.41. The summed E-state index contributed by atoms with van der Waals surface area (Å²) >= 11 is 0. The predicted molar refractivity (Wildman–Crippen MR) is 175 cm³/mol. The second-order valence-electron chi connectivity index (χ2n) is 9.98. The number of nitrogens with two attached hydrogens (primary N) is 2. The van der Waals surface area contributed by atoms with Crippen LogP contribution in [0, 0.1) is 6.92 Å². The van der Waals surface area contributed by atoms with Crippen molar-refractivity contribution in [3.63, 3.8) is 0 Å². The number of aromatic carboxylic acids is 1. The van der Waals surface area contributed by atoms with Crippen LogP contribution < -0.4 is 16.9 Å². The Bertz CT molecular complexity index is 2010. The van der Waals surface area contributed by atoms with Crippen LogP contribution in [-0.4, -0.2) is 33.6 Å². The zero-order chi connectivity index (χ0) is 32.8. The smallest absolute Gasteiger partial charge is 0.339 e. The average Bonchev–Trinajstić information content (AvgIpc) is 3.06. The van der Waals surface area contributed by atoms with Crippen molar-refractivity contribution in [3.8, 4) is 11.1 Å². The lowest BCUT2D eigenvalue weighted by molar-refractivity contribution is -0.134. The average molecular weight is 615 g/mol. The Morgan fingerprint density at radius 2 is 1.41 bits per heavy atom. The molecule has 4 aromatic carbocycles. The zero-order valence-corrected chi connectivity index (χ0v) is 24.2. The Hall–Kier alpha value is -6.76. The number of hydrazone groups is 1. The minimum absolute atomic E-state index is 0.0753. The highest BCUT2D eigenvalue weighted by Gasteiger charge is 2.19. The minimum Gasteiger partial charge on any atom is -0.478 e. The summed E-state index contributed by atoms with van der Waals surface area (Å²) in [6, 6.07) is 22.5. The summed E-state index contributed by atoms with van der Waals surface area (Å²) in [5, 5.41) is 39.4. The molecule has 0 saturated heterocycles. The summed E-state index contributed by atoms with van der Waals surface area (Å²) in [6.45, 7) is 1.78. The summed E-state index contributed by atoms with van der Waals surface area (Å²) in [7, 11) is 0. The molecular weight excluding hydrogens is 588 g/mol. The number of aryl methyl sites for hydroxylation is 1. The van der Waals surface area contributed by atoms with E-state index >= 15 is 0 Å². The van der Waals surface area contributed by atoms with Crippen LogP contribution in [-0.2, 0) is 9.59 Å². The fraction of sp³-hybridized carbons (Fsp3) is 0.0303. The number of carboxylic acid groups (broad SMARTS) is 2. The highest BCUT2D eigenvalue weighted by molar-refractivity contribution is 6.29. The van der Waals surface area contributed by atoms with Crippen LogP contribution in [0.15, 0.2) is 128 Å². The third kappa shape index (κ3) is 7.06. The fourth-order valence-electron chi connectivity index (χ4n) is 4.27. The first kappa shape index (κ1) is 30.7. The van der Waals surface area contributed by atoms with Gasteiger partial charge in [0.15, 0.2) is 5.78 Å². The number of allylic oxidation sites excluding steroid dienone is 3. The van der Waals surface area contributed by atoms with Crippen molar-refractivity contribution in [1.82, 2.24) is 0 Å². The molecule has 7 N–H and O–H groups in total. The third-order valence-electron chi connectivity index (χ3n) is 6.79. The van der Waals surface area contributed by atoms with Gasteiger partial charge in [0, 0.05) is 0 Å². The molecule has 5 rings (SSSR count). The Morgan fingerprint density at radius 1 is 0.739 bits per heavy atom. The first-order valence-corrected chi connectivity index (χ1v) is 13.7. The number of carbonyl (C=O) groups excluding carboxylic acids is 1. The number of rotatable bonds is 9. The Balaban J connectivity index is 1.28. The molecule has 1 aliphatic carbocycles. The van der Waals surface area contributed by atoms with Crippen molar-refractivity contribution in [3.05, 3.63) is 114 Å². The molecule has 0 radical (unpaired) electrons. The van der Waals surface area contributed by atoms with Gasteiger partial charge in [0.25, 0.3) is 0 Å². The van der Waals surface area contributed by atoms with Crippen molar-refractivity contribution < 1.29 is 24.6 Å². The van der Waals surface area contributed by atoms with Crippen molar-refractivity contribution in [1.29, 1.82) is 0 Å². The van der Waals surface area contributed by atoms with E-state index in [9.17, 15) is 19.5 Å². The van der Waals surface area contributed by atoms with Crippen LogP contribution in [0.25, 0.3) is 11.1 Å². The molecule has 46 heavy (non-hydrogen) atoms. The second kappa shape index (κ2) is 13.3. The van der Waals surface area contributed by atoms with Crippen molar-refractivity contribution in [2.24, 2.45) is 25.6 Å². The van der Waals surface area contributed by atoms with Gasteiger partial charge < -0.3 is 21.7 Å². The number of benzene rings is 4. The van der Waals surface area contributed by atoms with E-state index in [1.165, 1.54) is 30.4 Å². The number of aliphatic carboxylic acids is 1. The van der Waals surface area contributed by atoms with Gasteiger partial charge in [-0.15, -0.1) is 10.2 Å². The van der Waals surface area contributed by atoms with Gasteiger partial charge in [0.2, 0.25) is 0 Å². The van der Waals surface area contributed by atoms with Crippen LogP contribution in [0.3, 0.4) is 0 Å². The van der Waals surface area contributed by atoms with E-state index in [-0.39, 0.29) is 22.5 Å². The molecule has 228 valence electrons. The molecule has 13 heteroatoms. The summed E-state index contributed by atoms with van der Waals surface area (Å²) in [4.78, 5) is 34.1. The monoisotopic (exact) mass is 614 g/mol. The molecule has 0 fully saturated rings. The van der Waals surface area contributed by atoms with Gasteiger partial charge >= 0.3 is 11.9 Å². The molecule has 0 spiro atoms. The van der Waals surface area contributed by atoms with Crippen molar-refractivity contribution in [2.75, 3.05) is 16.9 Å². The predicted octanol–water partition coefficient (Wildman–Crippen LogP) is 7.27. The number of carbonyl (C=O) groups is 3. The van der Waals surface area contributed by atoms with E-state index < -0.39 is 17.7 Å². The van der Waals surface area contributed by atoms with Crippen molar-refractivity contribution >= 4 is 63.2 Å². The van der Waals surface area contributed by atoms with Gasteiger partial charge in [-0.1, -0.05) is 30.3 Å². The van der Waals surface area contributed by atoms with Gasteiger partial charge in [0.05, 0.1) is 39.7 Å². The molecule has 0 saturated carbocycles. The van der Waals surface area contributed by atoms with E-state index in [0.29, 0.717) is 39.7 Å². The molecule has 0 unspecified atom stereocenters. The van der Waals surface area contributed by atoms with Gasteiger partial charge in [-0.05, 0) is 90.4 Å². The third-order valence-corrected chi connectivity index (χ3v) is 6.79. The molecular formula is C33H26N8O5. The number of carboxylic acids is 2. The van der Waals surface area contributed by atoms with Crippen LogP contribution in [0.4, 0.5) is 39.8 Å². The lowest BCUT2D eigenvalue weighted by atomic mass is 10.0. The fourth-order valence-corrected chi connectivity index (χ4v) is 4.27. The molecule has 13 nitrogen and oxygen atoms in total. The number of hydrogen-bond acceptors (Lipinski definition) is 11. The molecule has 0 aromatic heterocycles. The van der Waals surface area contributed by atoms with E-state index in [0.717, 1.165) is 11.1 Å². The second-order valence-corrected chi connectivity index (χ2v) is 9.98. The number of nitrogen functional groups attached to an aromatic ring is 2. The molecule has 0 amide bonds. The molecule has 0 atom stereocenters. The van der Waals surface area contributed by atoms with E-state index in [4.69, 9.17) is 16.6 Å². The highest BCUT2D eigenvalue weighted by atomic mass is 16.4. The molecule has 0 aliphatic heterocycles. The minimum atomic E-state index is -1.31. The first-order valence-electron chi connectivity index (χ1n) is 13.7. The normalized spacial score (nSPS) is 13.8. The number of azo groups is 2. The summed E-state index contributed by atoms with van der Waals surface area (Å²) in [6.07, 6.45) is 3.82. The SMILES string of the molecule is Cc1cc(N=Nc2ccc(-c3ccc(NN=C4C=CC(=O)C(C(=O)O)=C4)cc3)cc2)c(N)c(N=Nc2cccc(C(=O)O)c2)c1N. The number of anilines is 3. The molecule has 1 aliphatic rings. The van der Waals surface area contributed by atoms with Crippen molar-refractivity contribution in [2.45, 2.75) is 6.92 Å². The number of nitrogens with zero attached hydrogens (tertiary/aromatic N) is 5. The Kier molecular flexibility index (Phi) is 8.85. The Morgan fingerprint density at radius 3 is 2.09 bits per heavy atom. The van der Waals surface area contributed by atoms with E-state index in [2.05, 4.69) is 31.0 Å². The number of ketones is 1. The maximum atomic E-state index is 11.6. The van der Waals surface area contributed by atoms with Crippen LogP contribution in [0.5, 0.6) is 0 Å². The van der Waals surface area contributed by atoms with Gasteiger partial charge in [0.1, 0.15) is 16.9 Å². The lowest BCUT2D eigenvalue weighted by Gasteiger charge is -2.09. The van der Waals surface area contributed by atoms with Gasteiger partial charge in [-0.3, -0.25) is 10.2 Å². The standard InChI is InChI=1S/C33H26N8O5/c1-18-15-27(30(35)31(29(18)34)41-39-24-4-2-3-21(16-24)32(43)44)40-37-23-11-7-20(8-12-23)19-5-9-22(10-6-19)36-38-25-13-14-28(42)26(17-25)33(45)46/h2-17,36H,34-35H2,1H3,(H,43,44)(H,45,46). The van der Waals surface area contributed by atoms with Gasteiger partial charge in [-0.2, -0.15) is 15.3 Å². The Labute approximate surface area is 262 Å². The first-order chi connectivity index (χ1) is 22.1. The van der Waals surface area contributed by atoms with Crippen LogP contribution >= 0.6 is 0 Å². The number of nitrogens with one attached hydrogen (secondary N) is 1. The number of hydrogen-bond donors (Lipinski definition) is 5. The van der Waals surface area contributed by atoms with Crippen LogP contribution in [0.2, 0.25) is 0 Å². The zero-order valence-electron chi connectivity index (χ0n) is 24.2. The molecule has 0 heterocycles. The molecule has 4 aromatic rings. The topological polar surface area (TPSA) is 218 Å². The maximum absolute atomic E-state index is 11.6. The van der Waals surface area contributed by atoms with E-state index in [1.807, 2.05) is 36.4 Å². The quantitative estimate of drug-likeness (QED) is 0.0423. The van der Waals surface area contributed by atoms with E-state index in [1.54, 1.807) is 37.3 Å². The molecule has 0 bridgehead atoms. The summed E-state index contributed by atoms with van der Waals surface area (Å²) in [5.41, 5.74) is 20.6. The van der Waals surface area contributed by atoms with Gasteiger partial charge in [-0.25, -0.2) is 9.59 Å².